The third-order valence-corrected chi connectivity index (χ3v) is 4.67. The molecule has 1 aliphatic rings. The highest BCUT2D eigenvalue weighted by Crippen LogP contribution is 2.33. The predicted octanol–water partition coefficient (Wildman–Crippen LogP) is 2.25. The second-order valence-electron chi connectivity index (χ2n) is 6.04. The van der Waals surface area contributed by atoms with Crippen molar-refractivity contribution in [3.05, 3.63) is 35.6 Å². The molecule has 8 heteroatoms. The van der Waals surface area contributed by atoms with Crippen LogP contribution in [0.1, 0.15) is 24.6 Å². The maximum Gasteiger partial charge on any atom is 0.223 e. The lowest BCUT2D eigenvalue weighted by Gasteiger charge is -2.29. The van der Waals surface area contributed by atoms with Crippen LogP contribution in [0.4, 0.5) is 0 Å². The number of rotatable bonds is 3. The first kappa shape index (κ1) is 15.6. The molecule has 0 aliphatic carbocycles. The van der Waals surface area contributed by atoms with Crippen LogP contribution in [-0.4, -0.2) is 44.0 Å². The fourth-order valence-corrected chi connectivity index (χ4v) is 3.45. The number of hydrogen-bond donors (Lipinski definition) is 1. The fraction of sp³-hybridized carbons (Fsp3) is 0.438. The summed E-state index contributed by atoms with van der Waals surface area (Å²) in [6.07, 6.45) is 7.49. The SMILES string of the molecule is CNC1CCOC(c2nc(Cl)nc3ccn(-c4cnn(C)c4)c23)C1. The van der Waals surface area contributed by atoms with Crippen LogP contribution in [0.3, 0.4) is 0 Å². The van der Waals surface area contributed by atoms with Crippen molar-refractivity contribution in [2.45, 2.75) is 25.0 Å². The second kappa shape index (κ2) is 6.16. The number of ether oxygens (including phenoxy) is 1. The normalized spacial score (nSPS) is 21.5. The van der Waals surface area contributed by atoms with E-state index in [0.717, 1.165) is 35.3 Å². The Morgan fingerprint density at radius 1 is 1.38 bits per heavy atom. The first-order valence-electron chi connectivity index (χ1n) is 7.98. The van der Waals surface area contributed by atoms with E-state index in [2.05, 4.69) is 20.4 Å². The Hall–Kier alpha value is -1.96. The van der Waals surface area contributed by atoms with E-state index in [1.54, 1.807) is 4.68 Å². The van der Waals surface area contributed by atoms with Crippen molar-refractivity contribution in [3.8, 4) is 5.69 Å². The standard InChI is InChI=1S/C16H19ClN6O/c1-18-10-4-6-24-13(7-10)14-15-12(20-16(17)21-14)3-5-23(15)11-8-19-22(2)9-11/h3,5,8-10,13,18H,4,6-7H2,1-2H3. The van der Waals surface area contributed by atoms with Gasteiger partial charge in [-0.1, -0.05) is 0 Å². The lowest BCUT2D eigenvalue weighted by atomic mass is 10.0. The molecule has 2 atom stereocenters. The van der Waals surface area contributed by atoms with E-state index in [1.807, 2.05) is 43.3 Å². The Kier molecular flexibility index (Phi) is 3.99. The summed E-state index contributed by atoms with van der Waals surface area (Å²) in [6.45, 7) is 0.701. The van der Waals surface area contributed by atoms with Gasteiger partial charge in [-0.3, -0.25) is 4.68 Å². The summed E-state index contributed by atoms with van der Waals surface area (Å²) in [5.74, 6) is 0. The quantitative estimate of drug-likeness (QED) is 0.736. The minimum Gasteiger partial charge on any atom is -0.372 e. The molecule has 4 rings (SSSR count). The minimum absolute atomic E-state index is 0.107. The van der Waals surface area contributed by atoms with Crippen LogP contribution < -0.4 is 5.32 Å². The summed E-state index contributed by atoms with van der Waals surface area (Å²) < 4.78 is 9.81. The van der Waals surface area contributed by atoms with E-state index in [4.69, 9.17) is 16.3 Å². The van der Waals surface area contributed by atoms with Gasteiger partial charge in [0.2, 0.25) is 5.28 Å². The second-order valence-corrected chi connectivity index (χ2v) is 6.38. The van der Waals surface area contributed by atoms with Crippen LogP contribution in [0.2, 0.25) is 5.28 Å². The van der Waals surface area contributed by atoms with Crippen LogP contribution >= 0.6 is 11.6 Å². The van der Waals surface area contributed by atoms with Crippen LogP contribution in [0, 0.1) is 0 Å². The zero-order chi connectivity index (χ0) is 16.7. The Morgan fingerprint density at radius 3 is 3.00 bits per heavy atom. The molecule has 1 N–H and O–H groups in total. The van der Waals surface area contributed by atoms with Gasteiger partial charge in [-0.15, -0.1) is 0 Å². The maximum absolute atomic E-state index is 6.15. The molecule has 7 nitrogen and oxygen atoms in total. The highest BCUT2D eigenvalue weighted by Gasteiger charge is 2.27. The number of nitrogens with zero attached hydrogens (tertiary/aromatic N) is 5. The lowest BCUT2D eigenvalue weighted by molar-refractivity contribution is -0.000198. The van der Waals surface area contributed by atoms with Crippen molar-refractivity contribution >= 4 is 22.6 Å². The number of aromatic nitrogens is 5. The van der Waals surface area contributed by atoms with Crippen LogP contribution in [0.15, 0.2) is 24.7 Å². The molecular weight excluding hydrogens is 328 g/mol. The first-order chi connectivity index (χ1) is 11.7. The van der Waals surface area contributed by atoms with Gasteiger partial charge in [0.25, 0.3) is 0 Å². The van der Waals surface area contributed by atoms with Crippen LogP contribution in [0.25, 0.3) is 16.7 Å². The molecule has 126 valence electrons. The average Bonchev–Trinajstić information content (AvgIpc) is 3.20. The zero-order valence-corrected chi connectivity index (χ0v) is 14.4. The molecule has 0 radical (unpaired) electrons. The molecule has 3 aromatic rings. The number of hydrogen-bond acceptors (Lipinski definition) is 5. The van der Waals surface area contributed by atoms with Gasteiger partial charge in [0.1, 0.15) is 6.10 Å². The van der Waals surface area contributed by atoms with E-state index >= 15 is 0 Å². The molecule has 3 aromatic heterocycles. The van der Waals surface area contributed by atoms with Crippen LogP contribution in [0.5, 0.6) is 0 Å². The Labute approximate surface area is 144 Å². The molecule has 1 aliphatic heterocycles. The summed E-state index contributed by atoms with van der Waals surface area (Å²) in [5, 5.41) is 7.83. The van der Waals surface area contributed by atoms with Crippen molar-refractivity contribution in [3.63, 3.8) is 0 Å². The van der Waals surface area contributed by atoms with Gasteiger partial charge in [0.15, 0.2) is 0 Å². The Morgan fingerprint density at radius 2 is 2.25 bits per heavy atom. The molecule has 1 saturated heterocycles. The molecule has 0 amide bonds. The van der Waals surface area contributed by atoms with Crippen molar-refractivity contribution in [1.29, 1.82) is 0 Å². The van der Waals surface area contributed by atoms with Gasteiger partial charge in [-0.05, 0) is 37.6 Å². The van der Waals surface area contributed by atoms with Crippen molar-refractivity contribution < 1.29 is 4.74 Å². The van der Waals surface area contributed by atoms with Gasteiger partial charge in [0, 0.05) is 32.1 Å². The monoisotopic (exact) mass is 346 g/mol. The Bertz CT molecular complexity index is 873. The van der Waals surface area contributed by atoms with Gasteiger partial charge < -0.3 is 14.6 Å². The van der Waals surface area contributed by atoms with E-state index in [0.29, 0.717) is 12.6 Å². The smallest absolute Gasteiger partial charge is 0.223 e. The average molecular weight is 347 g/mol. The molecule has 0 saturated carbocycles. The van der Waals surface area contributed by atoms with E-state index in [9.17, 15) is 0 Å². The minimum atomic E-state index is -0.107. The lowest BCUT2D eigenvalue weighted by Crippen LogP contribution is -2.34. The summed E-state index contributed by atoms with van der Waals surface area (Å²) in [5.41, 5.74) is 3.53. The first-order valence-corrected chi connectivity index (χ1v) is 8.36. The molecule has 24 heavy (non-hydrogen) atoms. The third kappa shape index (κ3) is 2.68. The van der Waals surface area contributed by atoms with E-state index < -0.39 is 0 Å². The molecule has 1 fully saturated rings. The molecule has 0 bridgehead atoms. The van der Waals surface area contributed by atoms with Gasteiger partial charge in [-0.2, -0.15) is 5.10 Å². The summed E-state index contributed by atoms with van der Waals surface area (Å²) >= 11 is 6.15. The van der Waals surface area contributed by atoms with Crippen molar-refractivity contribution in [1.82, 2.24) is 29.6 Å². The van der Waals surface area contributed by atoms with Gasteiger partial charge in [0.05, 0.1) is 28.6 Å². The largest absolute Gasteiger partial charge is 0.372 e. The van der Waals surface area contributed by atoms with Crippen molar-refractivity contribution in [2.24, 2.45) is 7.05 Å². The van der Waals surface area contributed by atoms with Gasteiger partial charge in [-0.25, -0.2) is 9.97 Å². The number of aryl methyl sites for hydroxylation is 1. The zero-order valence-electron chi connectivity index (χ0n) is 13.6. The van der Waals surface area contributed by atoms with Crippen molar-refractivity contribution in [2.75, 3.05) is 13.7 Å². The predicted molar refractivity (Wildman–Crippen MR) is 91.4 cm³/mol. The summed E-state index contributed by atoms with van der Waals surface area (Å²) in [7, 11) is 3.87. The summed E-state index contributed by atoms with van der Waals surface area (Å²) in [6, 6.07) is 2.35. The molecule has 2 unspecified atom stereocenters. The molecule has 0 spiro atoms. The van der Waals surface area contributed by atoms with Gasteiger partial charge >= 0.3 is 0 Å². The molecule has 0 aromatic carbocycles. The molecule has 4 heterocycles. The summed E-state index contributed by atoms with van der Waals surface area (Å²) in [4.78, 5) is 8.87. The maximum atomic E-state index is 6.15. The Balaban J connectivity index is 1.86. The highest BCUT2D eigenvalue weighted by molar-refractivity contribution is 6.28. The third-order valence-electron chi connectivity index (χ3n) is 4.50. The number of halogens is 1. The molecular formula is C16H19ClN6O. The van der Waals surface area contributed by atoms with Crippen LogP contribution in [-0.2, 0) is 11.8 Å². The topological polar surface area (TPSA) is 69.8 Å². The fourth-order valence-electron chi connectivity index (χ4n) is 3.27. The van der Waals surface area contributed by atoms with E-state index in [-0.39, 0.29) is 11.4 Å². The van der Waals surface area contributed by atoms with E-state index in [1.165, 1.54) is 0 Å². The highest BCUT2D eigenvalue weighted by atomic mass is 35.5. The number of nitrogens with one attached hydrogen (secondary N) is 1. The number of fused-ring (bicyclic) bond motifs is 1.